The van der Waals surface area contributed by atoms with Crippen molar-refractivity contribution < 1.29 is 4.79 Å². The van der Waals surface area contributed by atoms with Gasteiger partial charge in [0.1, 0.15) is 0 Å². The van der Waals surface area contributed by atoms with Crippen molar-refractivity contribution in [3.05, 3.63) is 23.8 Å². The molecule has 2 fully saturated rings. The SMILES string of the molecule is CC1CCN(c2nc3ccc(C(=O)NCCCN4CCCC4)cc3s2)CC1. The number of benzene rings is 1. The van der Waals surface area contributed by atoms with Gasteiger partial charge in [0.15, 0.2) is 5.13 Å². The fraction of sp³-hybridized carbons (Fsp3) is 0.619. The normalized spacial score (nSPS) is 19.1. The molecule has 1 N–H and O–H groups in total. The Hall–Kier alpha value is -1.66. The number of aromatic nitrogens is 1. The number of anilines is 1. The van der Waals surface area contributed by atoms with Gasteiger partial charge in [-0.3, -0.25) is 4.79 Å². The van der Waals surface area contributed by atoms with E-state index in [4.69, 9.17) is 4.98 Å². The van der Waals surface area contributed by atoms with Crippen LogP contribution in [-0.2, 0) is 0 Å². The van der Waals surface area contributed by atoms with Crippen molar-refractivity contribution in [1.82, 2.24) is 15.2 Å². The van der Waals surface area contributed by atoms with E-state index in [0.29, 0.717) is 0 Å². The van der Waals surface area contributed by atoms with E-state index in [1.54, 1.807) is 11.3 Å². The van der Waals surface area contributed by atoms with Gasteiger partial charge in [-0.1, -0.05) is 18.3 Å². The van der Waals surface area contributed by atoms with E-state index in [-0.39, 0.29) is 5.91 Å². The summed E-state index contributed by atoms with van der Waals surface area (Å²) in [5, 5.41) is 4.17. The first-order chi connectivity index (χ1) is 13.2. The number of hydrogen-bond donors (Lipinski definition) is 1. The van der Waals surface area contributed by atoms with Crippen LogP contribution in [0.1, 0.15) is 49.4 Å². The predicted octanol–water partition coefficient (Wildman–Crippen LogP) is 3.75. The lowest BCUT2D eigenvalue weighted by Crippen LogP contribution is -2.32. The molecular weight excluding hydrogens is 356 g/mol. The molecule has 27 heavy (non-hydrogen) atoms. The summed E-state index contributed by atoms with van der Waals surface area (Å²) in [6, 6.07) is 5.89. The molecular formula is C21H30N4OS. The number of thiazole rings is 1. The fourth-order valence-electron chi connectivity index (χ4n) is 4.00. The maximum absolute atomic E-state index is 12.5. The summed E-state index contributed by atoms with van der Waals surface area (Å²) in [6.07, 6.45) is 6.13. The second kappa shape index (κ2) is 8.57. The average Bonchev–Trinajstić information content (AvgIpc) is 3.34. The molecule has 2 aliphatic heterocycles. The van der Waals surface area contributed by atoms with Crippen LogP contribution in [0.15, 0.2) is 18.2 Å². The minimum absolute atomic E-state index is 0.0278. The third-order valence-corrected chi connectivity index (χ3v) is 6.91. The number of carbonyl (C=O) groups is 1. The Balaban J connectivity index is 1.33. The van der Waals surface area contributed by atoms with Crippen LogP contribution < -0.4 is 10.2 Å². The van der Waals surface area contributed by atoms with Gasteiger partial charge in [0.25, 0.3) is 5.91 Å². The maximum Gasteiger partial charge on any atom is 0.251 e. The minimum atomic E-state index is 0.0278. The molecule has 0 saturated carbocycles. The van der Waals surface area contributed by atoms with Crippen LogP contribution in [0.4, 0.5) is 5.13 Å². The van der Waals surface area contributed by atoms with Crippen LogP contribution in [0, 0.1) is 5.92 Å². The first-order valence-corrected chi connectivity index (χ1v) is 11.2. The molecule has 1 aromatic heterocycles. The molecule has 6 heteroatoms. The molecule has 5 nitrogen and oxygen atoms in total. The van der Waals surface area contributed by atoms with E-state index in [9.17, 15) is 4.79 Å². The number of likely N-dealkylation sites (tertiary alicyclic amines) is 1. The fourth-order valence-corrected chi connectivity index (χ4v) is 5.06. The van der Waals surface area contributed by atoms with Crippen molar-refractivity contribution in [2.75, 3.05) is 44.2 Å². The Kier molecular flexibility index (Phi) is 5.93. The quantitative estimate of drug-likeness (QED) is 0.768. The lowest BCUT2D eigenvalue weighted by molar-refractivity contribution is 0.0952. The first kappa shape index (κ1) is 18.7. The molecule has 2 aromatic rings. The molecule has 1 amide bonds. The lowest BCUT2D eigenvalue weighted by Gasteiger charge is -2.29. The Bertz CT molecular complexity index is 776. The van der Waals surface area contributed by atoms with E-state index in [1.807, 2.05) is 18.2 Å². The molecule has 0 radical (unpaired) electrons. The number of carbonyl (C=O) groups excluding carboxylic acids is 1. The van der Waals surface area contributed by atoms with Crippen LogP contribution in [0.2, 0.25) is 0 Å². The summed E-state index contributed by atoms with van der Waals surface area (Å²) in [6.45, 7) is 8.77. The van der Waals surface area contributed by atoms with E-state index < -0.39 is 0 Å². The van der Waals surface area contributed by atoms with Gasteiger partial charge in [0.2, 0.25) is 0 Å². The van der Waals surface area contributed by atoms with Crippen molar-refractivity contribution in [2.24, 2.45) is 5.92 Å². The highest BCUT2D eigenvalue weighted by molar-refractivity contribution is 7.22. The van der Waals surface area contributed by atoms with Gasteiger partial charge in [-0.2, -0.15) is 0 Å². The van der Waals surface area contributed by atoms with Gasteiger partial charge >= 0.3 is 0 Å². The molecule has 1 aromatic carbocycles. The summed E-state index contributed by atoms with van der Waals surface area (Å²) < 4.78 is 1.10. The molecule has 3 heterocycles. The van der Waals surface area contributed by atoms with Gasteiger partial charge < -0.3 is 15.1 Å². The Morgan fingerprint density at radius 3 is 2.78 bits per heavy atom. The molecule has 0 bridgehead atoms. The molecule has 0 unspecified atom stereocenters. The zero-order chi connectivity index (χ0) is 18.6. The number of piperidine rings is 1. The Labute approximate surface area is 165 Å². The monoisotopic (exact) mass is 386 g/mol. The number of nitrogens with one attached hydrogen (secondary N) is 1. The molecule has 2 saturated heterocycles. The molecule has 0 atom stereocenters. The number of nitrogens with zero attached hydrogens (tertiary/aromatic N) is 3. The van der Waals surface area contributed by atoms with Crippen molar-refractivity contribution in [1.29, 1.82) is 0 Å². The molecule has 4 rings (SSSR count). The zero-order valence-corrected chi connectivity index (χ0v) is 17.1. The smallest absolute Gasteiger partial charge is 0.251 e. The molecule has 146 valence electrons. The highest BCUT2D eigenvalue weighted by Gasteiger charge is 2.19. The number of fused-ring (bicyclic) bond motifs is 1. The summed E-state index contributed by atoms with van der Waals surface area (Å²) in [7, 11) is 0. The minimum Gasteiger partial charge on any atom is -0.352 e. The van der Waals surface area contributed by atoms with Gasteiger partial charge in [-0.05, 0) is 75.9 Å². The Morgan fingerprint density at radius 2 is 2.00 bits per heavy atom. The third-order valence-electron chi connectivity index (χ3n) is 5.83. The van der Waals surface area contributed by atoms with Gasteiger partial charge in [0, 0.05) is 25.2 Å². The number of amides is 1. The first-order valence-electron chi connectivity index (χ1n) is 10.3. The zero-order valence-electron chi connectivity index (χ0n) is 16.2. The maximum atomic E-state index is 12.5. The van der Waals surface area contributed by atoms with E-state index in [2.05, 4.69) is 22.0 Å². The summed E-state index contributed by atoms with van der Waals surface area (Å²) in [5.41, 5.74) is 1.74. The molecule has 0 spiro atoms. The van der Waals surface area contributed by atoms with Crippen molar-refractivity contribution in [3.8, 4) is 0 Å². The molecule has 2 aliphatic rings. The second-order valence-electron chi connectivity index (χ2n) is 8.01. The van der Waals surface area contributed by atoms with Crippen molar-refractivity contribution in [3.63, 3.8) is 0 Å². The van der Waals surface area contributed by atoms with E-state index in [0.717, 1.165) is 59.4 Å². The molecule has 0 aliphatic carbocycles. The topological polar surface area (TPSA) is 48.5 Å². The second-order valence-corrected chi connectivity index (χ2v) is 9.02. The predicted molar refractivity (Wildman–Crippen MR) is 113 cm³/mol. The van der Waals surface area contributed by atoms with Crippen LogP contribution >= 0.6 is 11.3 Å². The Morgan fingerprint density at radius 1 is 1.22 bits per heavy atom. The van der Waals surface area contributed by atoms with Crippen molar-refractivity contribution >= 4 is 32.6 Å². The van der Waals surface area contributed by atoms with Gasteiger partial charge in [-0.25, -0.2) is 4.98 Å². The van der Waals surface area contributed by atoms with Gasteiger partial charge in [0.05, 0.1) is 10.2 Å². The van der Waals surface area contributed by atoms with Crippen LogP contribution in [0.3, 0.4) is 0 Å². The van der Waals surface area contributed by atoms with Crippen LogP contribution in [-0.4, -0.2) is 55.1 Å². The van der Waals surface area contributed by atoms with Crippen LogP contribution in [0.25, 0.3) is 10.2 Å². The summed E-state index contributed by atoms with van der Waals surface area (Å²) in [4.78, 5) is 22.1. The highest BCUT2D eigenvalue weighted by atomic mass is 32.1. The van der Waals surface area contributed by atoms with Crippen molar-refractivity contribution in [2.45, 2.75) is 39.0 Å². The highest BCUT2D eigenvalue weighted by Crippen LogP contribution is 2.32. The van der Waals surface area contributed by atoms with E-state index in [1.165, 1.54) is 38.8 Å². The summed E-state index contributed by atoms with van der Waals surface area (Å²) >= 11 is 1.71. The standard InChI is InChI=1S/C21H30N4OS/c1-16-7-13-25(14-8-16)21-23-18-6-5-17(15-19(18)27-21)20(26)22-9-4-12-24-10-2-3-11-24/h5-6,15-16H,2-4,7-14H2,1H3,(H,22,26). The van der Waals surface area contributed by atoms with E-state index >= 15 is 0 Å². The summed E-state index contributed by atoms with van der Waals surface area (Å²) in [5.74, 6) is 0.844. The van der Waals surface area contributed by atoms with Crippen LogP contribution in [0.5, 0.6) is 0 Å². The number of hydrogen-bond acceptors (Lipinski definition) is 5. The van der Waals surface area contributed by atoms with Gasteiger partial charge in [-0.15, -0.1) is 0 Å². The lowest BCUT2D eigenvalue weighted by atomic mass is 10.00. The average molecular weight is 387 g/mol. The largest absolute Gasteiger partial charge is 0.352 e. The number of rotatable bonds is 6. The third kappa shape index (κ3) is 4.61.